The third kappa shape index (κ3) is 5.85. The van der Waals surface area contributed by atoms with Gasteiger partial charge in [0.05, 0.1) is 0 Å². The second-order valence-corrected chi connectivity index (χ2v) is 8.32. The average Bonchev–Trinajstić information content (AvgIpc) is 2.50. The number of hydrogen-bond donors (Lipinski definition) is 0. The van der Waals surface area contributed by atoms with Crippen molar-refractivity contribution in [3.8, 4) is 18.1 Å². The maximum Gasteiger partial charge on any atom is 0.279 e. The van der Waals surface area contributed by atoms with Gasteiger partial charge < -0.3 is 4.74 Å². The SMILES string of the molecule is C#CCS(=O)(=O)OC1CCCCC1Oc1ccc(CC(C)C)cc1. The lowest BCUT2D eigenvalue weighted by molar-refractivity contribution is 0.0274. The minimum Gasteiger partial charge on any atom is -0.488 e. The highest BCUT2D eigenvalue weighted by Crippen LogP contribution is 2.27. The van der Waals surface area contributed by atoms with Gasteiger partial charge in [-0.1, -0.05) is 38.3 Å². The van der Waals surface area contributed by atoms with Crippen LogP contribution < -0.4 is 4.74 Å². The van der Waals surface area contributed by atoms with Crippen LogP contribution in [-0.4, -0.2) is 26.4 Å². The second kappa shape index (κ2) is 8.55. The van der Waals surface area contributed by atoms with Crippen LogP contribution in [0.1, 0.15) is 45.1 Å². The first-order chi connectivity index (χ1) is 11.4. The molecule has 1 aliphatic carbocycles. The number of benzene rings is 1. The largest absolute Gasteiger partial charge is 0.488 e. The molecule has 132 valence electrons. The molecule has 0 aliphatic heterocycles. The van der Waals surface area contributed by atoms with Gasteiger partial charge in [-0.05, 0) is 49.3 Å². The zero-order chi connectivity index (χ0) is 17.6. The molecule has 0 spiro atoms. The minimum absolute atomic E-state index is 0.262. The summed E-state index contributed by atoms with van der Waals surface area (Å²) in [4.78, 5) is 0. The maximum atomic E-state index is 11.8. The molecule has 0 N–H and O–H groups in total. The fourth-order valence-corrected chi connectivity index (χ4v) is 3.85. The molecular weight excluding hydrogens is 324 g/mol. The predicted molar refractivity (Wildman–Crippen MR) is 95.4 cm³/mol. The van der Waals surface area contributed by atoms with Crippen LogP contribution in [-0.2, 0) is 20.7 Å². The van der Waals surface area contributed by atoms with Crippen molar-refractivity contribution in [2.24, 2.45) is 5.92 Å². The predicted octanol–water partition coefficient (Wildman–Crippen LogP) is 3.55. The Kier molecular flexibility index (Phi) is 6.70. The van der Waals surface area contributed by atoms with Crippen LogP contribution >= 0.6 is 0 Å². The van der Waals surface area contributed by atoms with Crippen molar-refractivity contribution in [2.45, 2.75) is 58.2 Å². The molecular formula is C19H26O4S. The van der Waals surface area contributed by atoms with Crippen molar-refractivity contribution >= 4 is 10.1 Å². The molecule has 2 rings (SSSR count). The summed E-state index contributed by atoms with van der Waals surface area (Å²) in [5, 5.41) is 0. The Labute approximate surface area is 145 Å². The zero-order valence-corrected chi connectivity index (χ0v) is 15.2. The molecule has 1 aromatic carbocycles. The summed E-state index contributed by atoms with van der Waals surface area (Å²) >= 11 is 0. The lowest BCUT2D eigenvalue weighted by atomic mass is 9.95. The Morgan fingerprint density at radius 2 is 1.79 bits per heavy atom. The standard InChI is InChI=1S/C19H26O4S/c1-4-13-24(20,21)23-19-8-6-5-7-18(19)22-17-11-9-16(10-12-17)14-15(2)3/h1,9-12,15,18-19H,5-8,13-14H2,2-3H3. The van der Waals surface area contributed by atoms with E-state index in [-0.39, 0.29) is 6.10 Å². The highest BCUT2D eigenvalue weighted by Gasteiger charge is 2.31. The second-order valence-electron chi connectivity index (χ2n) is 6.72. The fraction of sp³-hybridized carbons (Fsp3) is 0.579. The third-order valence-electron chi connectivity index (χ3n) is 4.03. The highest BCUT2D eigenvalue weighted by atomic mass is 32.2. The van der Waals surface area contributed by atoms with E-state index in [1.54, 1.807) is 0 Å². The Hall–Kier alpha value is -1.51. The summed E-state index contributed by atoms with van der Waals surface area (Å²) in [6.07, 6.45) is 8.77. The third-order valence-corrected chi connectivity index (χ3v) is 5.09. The van der Waals surface area contributed by atoms with Gasteiger partial charge in [0, 0.05) is 0 Å². The smallest absolute Gasteiger partial charge is 0.279 e. The molecule has 1 fully saturated rings. The molecule has 1 aliphatic rings. The van der Waals surface area contributed by atoms with E-state index >= 15 is 0 Å². The van der Waals surface area contributed by atoms with E-state index in [0.29, 0.717) is 12.3 Å². The van der Waals surface area contributed by atoms with E-state index in [1.165, 1.54) is 5.56 Å². The van der Waals surface area contributed by atoms with Crippen LogP contribution in [0.2, 0.25) is 0 Å². The van der Waals surface area contributed by atoms with Crippen LogP contribution in [0.4, 0.5) is 0 Å². The van der Waals surface area contributed by atoms with Crippen molar-refractivity contribution in [3.63, 3.8) is 0 Å². The van der Waals surface area contributed by atoms with Gasteiger partial charge in [-0.15, -0.1) is 6.42 Å². The van der Waals surface area contributed by atoms with Crippen molar-refractivity contribution in [2.75, 3.05) is 5.75 Å². The quantitative estimate of drug-likeness (QED) is 0.557. The van der Waals surface area contributed by atoms with Gasteiger partial charge in [-0.3, -0.25) is 4.18 Å². The van der Waals surface area contributed by atoms with E-state index in [9.17, 15) is 8.42 Å². The Bertz CT molecular complexity index is 656. The topological polar surface area (TPSA) is 52.6 Å². The summed E-state index contributed by atoms with van der Waals surface area (Å²) < 4.78 is 34.9. The molecule has 4 nitrogen and oxygen atoms in total. The Morgan fingerprint density at radius 3 is 2.38 bits per heavy atom. The molecule has 0 saturated heterocycles. The molecule has 0 amide bonds. The van der Waals surface area contributed by atoms with Crippen LogP contribution in [0.25, 0.3) is 0 Å². The number of hydrogen-bond acceptors (Lipinski definition) is 4. The lowest BCUT2D eigenvalue weighted by Crippen LogP contribution is -2.38. The van der Waals surface area contributed by atoms with Crippen LogP contribution in [0.15, 0.2) is 24.3 Å². The first kappa shape index (κ1) is 18.8. The van der Waals surface area contributed by atoms with Gasteiger partial charge in [0.2, 0.25) is 0 Å². The normalized spacial score (nSPS) is 21.4. The van der Waals surface area contributed by atoms with E-state index in [0.717, 1.165) is 31.4 Å². The van der Waals surface area contributed by atoms with Crippen LogP contribution in [0.3, 0.4) is 0 Å². The van der Waals surface area contributed by atoms with Crippen molar-refractivity contribution in [1.82, 2.24) is 0 Å². The zero-order valence-electron chi connectivity index (χ0n) is 14.4. The highest BCUT2D eigenvalue weighted by molar-refractivity contribution is 7.86. The first-order valence-corrected chi connectivity index (χ1v) is 10.1. The van der Waals surface area contributed by atoms with Crippen molar-refractivity contribution < 1.29 is 17.3 Å². The monoisotopic (exact) mass is 350 g/mol. The molecule has 2 unspecified atom stereocenters. The van der Waals surface area contributed by atoms with Gasteiger partial charge in [-0.25, -0.2) is 0 Å². The van der Waals surface area contributed by atoms with E-state index < -0.39 is 22.0 Å². The first-order valence-electron chi connectivity index (χ1n) is 8.49. The molecule has 24 heavy (non-hydrogen) atoms. The van der Waals surface area contributed by atoms with E-state index in [4.69, 9.17) is 15.3 Å². The Morgan fingerprint density at radius 1 is 1.17 bits per heavy atom. The van der Waals surface area contributed by atoms with Gasteiger partial charge >= 0.3 is 0 Å². The lowest BCUT2D eigenvalue weighted by Gasteiger charge is -2.31. The van der Waals surface area contributed by atoms with Gasteiger partial charge in [-0.2, -0.15) is 8.42 Å². The molecule has 0 bridgehead atoms. The molecule has 1 aromatic rings. The fourth-order valence-electron chi connectivity index (χ4n) is 2.98. The van der Waals surface area contributed by atoms with E-state index in [1.807, 2.05) is 12.1 Å². The summed E-state index contributed by atoms with van der Waals surface area (Å²) in [7, 11) is -3.69. The molecule has 5 heteroatoms. The molecule has 1 saturated carbocycles. The number of ether oxygens (including phenoxy) is 1. The molecule has 2 atom stereocenters. The summed E-state index contributed by atoms with van der Waals surface area (Å²) in [5.41, 5.74) is 1.27. The molecule has 0 radical (unpaired) electrons. The minimum atomic E-state index is -3.69. The van der Waals surface area contributed by atoms with Gasteiger partial charge in [0.25, 0.3) is 10.1 Å². The summed E-state index contributed by atoms with van der Waals surface area (Å²) in [5.74, 6) is 3.08. The van der Waals surface area contributed by atoms with Gasteiger partial charge in [0.1, 0.15) is 23.7 Å². The maximum absolute atomic E-state index is 11.8. The molecule has 0 heterocycles. The Balaban J connectivity index is 2.01. The van der Waals surface area contributed by atoms with Gasteiger partial charge in [0.15, 0.2) is 0 Å². The number of terminal acetylenes is 1. The van der Waals surface area contributed by atoms with Crippen LogP contribution in [0, 0.1) is 18.3 Å². The molecule has 0 aromatic heterocycles. The summed E-state index contributed by atoms with van der Waals surface area (Å²) in [6, 6.07) is 8.00. The van der Waals surface area contributed by atoms with E-state index in [2.05, 4.69) is 31.9 Å². The summed E-state index contributed by atoms with van der Waals surface area (Å²) in [6.45, 7) is 4.37. The van der Waals surface area contributed by atoms with Crippen LogP contribution in [0.5, 0.6) is 5.75 Å². The average molecular weight is 350 g/mol. The number of rotatable bonds is 7. The van der Waals surface area contributed by atoms with Crippen molar-refractivity contribution in [3.05, 3.63) is 29.8 Å². The van der Waals surface area contributed by atoms with Crippen molar-refractivity contribution in [1.29, 1.82) is 0 Å².